The van der Waals surface area contributed by atoms with Gasteiger partial charge >= 0.3 is 0 Å². The van der Waals surface area contributed by atoms with Gasteiger partial charge in [0, 0.05) is 16.3 Å². The molecule has 0 aliphatic heterocycles. The Morgan fingerprint density at radius 1 is 1.12 bits per heavy atom. The van der Waals surface area contributed by atoms with E-state index in [1.54, 1.807) is 0 Å². The number of hydrogen-bond acceptors (Lipinski definition) is 2. The largest absolute Gasteiger partial charge is 0.287 e. The summed E-state index contributed by atoms with van der Waals surface area (Å²) in [5.74, 6) is 0. The minimum Gasteiger partial charge on any atom is -0.287 e. The van der Waals surface area contributed by atoms with Gasteiger partial charge in [-0.3, -0.25) is 4.79 Å². The molecule has 0 bridgehead atoms. The van der Waals surface area contributed by atoms with Gasteiger partial charge in [0.2, 0.25) is 0 Å². The number of unbranched alkanes of at least 4 members (excludes halogenated alkanes) is 4. The minimum absolute atomic E-state index is 0.254. The van der Waals surface area contributed by atoms with Crippen LogP contribution in [0.25, 0.3) is 0 Å². The third-order valence-corrected chi connectivity index (χ3v) is 3.72. The van der Waals surface area contributed by atoms with Crippen molar-refractivity contribution >= 4 is 28.5 Å². The van der Waals surface area contributed by atoms with E-state index in [0.29, 0.717) is 11.4 Å². The molecular formula is C14H19ClOS. The zero-order valence-electron chi connectivity index (χ0n) is 10.2. The van der Waals surface area contributed by atoms with Gasteiger partial charge in [-0.2, -0.15) is 0 Å². The monoisotopic (exact) mass is 270 g/mol. The van der Waals surface area contributed by atoms with Gasteiger partial charge < -0.3 is 0 Å². The van der Waals surface area contributed by atoms with Crippen LogP contribution in [0, 0.1) is 0 Å². The molecule has 0 saturated carbocycles. The second-order valence-electron chi connectivity index (χ2n) is 4.09. The second-order valence-corrected chi connectivity index (χ2v) is 5.66. The first-order chi connectivity index (χ1) is 8.22. The first kappa shape index (κ1) is 14.6. The van der Waals surface area contributed by atoms with Crippen LogP contribution in [-0.4, -0.2) is 5.12 Å². The van der Waals surface area contributed by atoms with E-state index in [1.807, 2.05) is 24.3 Å². The molecule has 0 aliphatic carbocycles. The molecule has 0 spiro atoms. The van der Waals surface area contributed by atoms with Crippen LogP contribution in [0.1, 0.15) is 45.4 Å². The van der Waals surface area contributed by atoms with E-state index in [-0.39, 0.29) is 5.12 Å². The lowest BCUT2D eigenvalue weighted by atomic mass is 10.1. The molecule has 0 saturated heterocycles. The maximum Gasteiger partial charge on any atom is 0.193 e. The number of carbonyl (C=O) groups is 1. The molecule has 0 heterocycles. The van der Waals surface area contributed by atoms with E-state index in [0.717, 1.165) is 11.3 Å². The third-order valence-electron chi connectivity index (χ3n) is 2.53. The molecule has 1 nitrogen and oxygen atoms in total. The maximum atomic E-state index is 11.7. The topological polar surface area (TPSA) is 17.1 Å². The molecule has 0 radical (unpaired) electrons. The summed E-state index contributed by atoms with van der Waals surface area (Å²) in [6.45, 7) is 2.20. The number of benzene rings is 1. The molecule has 0 aliphatic rings. The highest BCUT2D eigenvalue weighted by Crippen LogP contribution is 2.23. The predicted molar refractivity (Wildman–Crippen MR) is 75.7 cm³/mol. The van der Waals surface area contributed by atoms with E-state index < -0.39 is 0 Å². The van der Waals surface area contributed by atoms with Crippen LogP contribution in [0.4, 0.5) is 0 Å². The summed E-state index contributed by atoms with van der Waals surface area (Å²) >= 11 is 7.10. The first-order valence-electron chi connectivity index (χ1n) is 6.18. The van der Waals surface area contributed by atoms with Crippen molar-refractivity contribution in [2.75, 3.05) is 0 Å². The van der Waals surface area contributed by atoms with Gasteiger partial charge in [-0.05, 0) is 30.7 Å². The van der Waals surface area contributed by atoms with Gasteiger partial charge in [0.25, 0.3) is 0 Å². The van der Waals surface area contributed by atoms with Gasteiger partial charge in [0.15, 0.2) is 5.12 Å². The quantitative estimate of drug-likeness (QED) is 0.493. The molecule has 0 N–H and O–H groups in total. The number of hydrogen-bond donors (Lipinski definition) is 0. The lowest BCUT2D eigenvalue weighted by Gasteiger charge is -2.01. The van der Waals surface area contributed by atoms with Gasteiger partial charge in [0.1, 0.15) is 0 Å². The Balaban J connectivity index is 2.18. The second kappa shape index (κ2) is 8.60. The Hall–Kier alpha value is -0.470. The summed E-state index contributed by atoms with van der Waals surface area (Å²) < 4.78 is 0. The summed E-state index contributed by atoms with van der Waals surface area (Å²) in [5, 5.41) is 0.963. The van der Waals surface area contributed by atoms with E-state index in [2.05, 4.69) is 6.92 Å². The van der Waals surface area contributed by atoms with Crippen LogP contribution in [0.3, 0.4) is 0 Å². The van der Waals surface area contributed by atoms with Crippen molar-refractivity contribution < 1.29 is 4.79 Å². The molecule has 1 aromatic carbocycles. The normalized spacial score (nSPS) is 10.5. The summed E-state index contributed by atoms with van der Waals surface area (Å²) in [6.07, 6.45) is 6.62. The fourth-order valence-electron chi connectivity index (χ4n) is 1.56. The molecular weight excluding hydrogens is 252 g/mol. The molecule has 0 unspecified atom stereocenters. The van der Waals surface area contributed by atoms with E-state index in [4.69, 9.17) is 11.6 Å². The fraction of sp³-hybridized carbons (Fsp3) is 0.500. The fourth-order valence-corrected chi connectivity index (χ4v) is 2.47. The lowest BCUT2D eigenvalue weighted by Crippen LogP contribution is -1.91. The third kappa shape index (κ3) is 6.75. The highest BCUT2D eigenvalue weighted by atomic mass is 35.5. The molecule has 0 atom stereocenters. The zero-order chi connectivity index (χ0) is 12.5. The van der Waals surface area contributed by atoms with Gasteiger partial charge in [-0.25, -0.2) is 0 Å². The lowest BCUT2D eigenvalue weighted by molar-refractivity contribution is -0.111. The van der Waals surface area contributed by atoms with Crippen LogP contribution in [0.5, 0.6) is 0 Å². The van der Waals surface area contributed by atoms with E-state index in [9.17, 15) is 4.79 Å². The van der Waals surface area contributed by atoms with Crippen molar-refractivity contribution in [3.05, 3.63) is 29.3 Å². The van der Waals surface area contributed by atoms with E-state index >= 15 is 0 Å². The summed E-state index contributed by atoms with van der Waals surface area (Å²) in [5.41, 5.74) is 0. The summed E-state index contributed by atoms with van der Waals surface area (Å²) in [6, 6.07) is 7.42. The Bertz CT molecular complexity index is 335. The van der Waals surface area contributed by atoms with Crippen LogP contribution in [0.15, 0.2) is 29.2 Å². The zero-order valence-corrected chi connectivity index (χ0v) is 11.8. The highest BCUT2D eigenvalue weighted by molar-refractivity contribution is 8.13. The molecule has 0 aromatic heterocycles. The molecule has 0 fully saturated rings. The maximum absolute atomic E-state index is 11.7. The van der Waals surface area contributed by atoms with Crippen molar-refractivity contribution in [2.45, 2.75) is 50.3 Å². The average molecular weight is 271 g/mol. The van der Waals surface area contributed by atoms with Crippen molar-refractivity contribution in [3.63, 3.8) is 0 Å². The SMILES string of the molecule is CCCCCCCC(=O)Sc1ccc(Cl)cc1. The average Bonchev–Trinajstić information content (AvgIpc) is 2.32. The Kier molecular flexibility index (Phi) is 7.38. The number of halogens is 1. The molecule has 1 rings (SSSR count). The smallest absolute Gasteiger partial charge is 0.193 e. The first-order valence-corrected chi connectivity index (χ1v) is 7.38. The van der Waals surface area contributed by atoms with Crippen LogP contribution in [-0.2, 0) is 4.79 Å². The minimum atomic E-state index is 0.254. The Morgan fingerprint density at radius 2 is 1.76 bits per heavy atom. The van der Waals surface area contributed by atoms with Gasteiger partial charge in [-0.15, -0.1) is 0 Å². The van der Waals surface area contributed by atoms with Crippen LogP contribution in [0.2, 0.25) is 5.02 Å². The predicted octanol–water partition coefficient (Wildman–Crippen LogP) is 5.32. The summed E-state index contributed by atoms with van der Waals surface area (Å²) in [7, 11) is 0. The molecule has 94 valence electrons. The van der Waals surface area contributed by atoms with Crippen LogP contribution < -0.4 is 0 Å². The standard InChI is InChI=1S/C14H19ClOS/c1-2-3-4-5-6-7-14(16)17-13-10-8-12(15)9-11-13/h8-11H,2-7H2,1H3. The van der Waals surface area contributed by atoms with E-state index in [1.165, 1.54) is 37.4 Å². The van der Waals surface area contributed by atoms with Crippen molar-refractivity contribution in [1.82, 2.24) is 0 Å². The summed E-state index contributed by atoms with van der Waals surface area (Å²) in [4.78, 5) is 12.6. The van der Waals surface area contributed by atoms with Gasteiger partial charge in [0.05, 0.1) is 0 Å². The number of carbonyl (C=O) groups excluding carboxylic acids is 1. The molecule has 17 heavy (non-hydrogen) atoms. The molecule has 0 amide bonds. The van der Waals surface area contributed by atoms with Crippen molar-refractivity contribution in [1.29, 1.82) is 0 Å². The number of thioether (sulfide) groups is 1. The van der Waals surface area contributed by atoms with Crippen molar-refractivity contribution in [2.24, 2.45) is 0 Å². The highest BCUT2D eigenvalue weighted by Gasteiger charge is 2.04. The molecule has 1 aromatic rings. The van der Waals surface area contributed by atoms with Crippen molar-refractivity contribution in [3.8, 4) is 0 Å². The Morgan fingerprint density at radius 3 is 2.41 bits per heavy atom. The number of rotatable bonds is 7. The van der Waals surface area contributed by atoms with Gasteiger partial charge in [-0.1, -0.05) is 56.0 Å². The van der Waals surface area contributed by atoms with Crippen LogP contribution >= 0.6 is 23.4 Å². The molecule has 3 heteroatoms. The Labute approximate surface area is 113 Å².